The maximum absolute atomic E-state index is 13.5. The van der Waals surface area contributed by atoms with Gasteiger partial charge in [-0.3, -0.25) is 4.79 Å². The van der Waals surface area contributed by atoms with Crippen molar-refractivity contribution in [3.05, 3.63) is 63.3 Å². The molecule has 0 spiro atoms. The maximum atomic E-state index is 13.5. The van der Waals surface area contributed by atoms with Crippen LogP contribution >= 0.6 is 27.5 Å². The number of carbonyl (C=O) groups is 2. The van der Waals surface area contributed by atoms with Gasteiger partial charge < -0.3 is 10.1 Å². The van der Waals surface area contributed by atoms with Gasteiger partial charge in [0.15, 0.2) is 6.61 Å². The minimum atomic E-state index is -0.954. The summed E-state index contributed by atoms with van der Waals surface area (Å²) < 4.78 is 19.0. The van der Waals surface area contributed by atoms with E-state index in [0.717, 1.165) is 16.6 Å². The molecule has 0 saturated heterocycles. The first kappa shape index (κ1) is 16.5. The second-order valence-electron chi connectivity index (χ2n) is 4.26. The van der Waals surface area contributed by atoms with E-state index in [2.05, 4.69) is 21.2 Å². The molecule has 0 fully saturated rings. The molecular weight excluding hydrogens is 377 g/mol. The van der Waals surface area contributed by atoms with Crippen LogP contribution in [0, 0.1) is 5.82 Å². The van der Waals surface area contributed by atoms with Crippen molar-refractivity contribution in [2.45, 2.75) is 0 Å². The van der Waals surface area contributed by atoms with Crippen LogP contribution in [0.3, 0.4) is 0 Å². The second-order valence-corrected chi connectivity index (χ2v) is 5.61. The zero-order valence-corrected chi connectivity index (χ0v) is 13.4. The van der Waals surface area contributed by atoms with Crippen LogP contribution in [0.1, 0.15) is 10.4 Å². The highest BCUT2D eigenvalue weighted by Crippen LogP contribution is 2.17. The zero-order valence-electron chi connectivity index (χ0n) is 11.1. The third kappa shape index (κ3) is 4.54. The Bertz CT molecular complexity index is 724. The molecule has 0 aliphatic carbocycles. The molecule has 0 bridgehead atoms. The van der Waals surface area contributed by atoms with Crippen LogP contribution in [-0.2, 0) is 9.53 Å². The van der Waals surface area contributed by atoms with Crippen LogP contribution in [0.15, 0.2) is 46.9 Å². The molecule has 0 unspecified atom stereocenters. The van der Waals surface area contributed by atoms with Gasteiger partial charge in [0.2, 0.25) is 0 Å². The van der Waals surface area contributed by atoms with Crippen molar-refractivity contribution in [1.29, 1.82) is 0 Å². The van der Waals surface area contributed by atoms with E-state index in [1.54, 1.807) is 24.3 Å². The Kier molecular flexibility index (Phi) is 5.51. The number of nitrogens with one attached hydrogen (secondary N) is 1. The molecule has 2 aromatic rings. The van der Waals surface area contributed by atoms with Gasteiger partial charge in [0.05, 0.1) is 5.56 Å². The second kappa shape index (κ2) is 7.38. The minimum absolute atomic E-state index is 0.201. The highest BCUT2D eigenvalue weighted by molar-refractivity contribution is 9.10. The van der Waals surface area contributed by atoms with Crippen molar-refractivity contribution in [2.75, 3.05) is 11.9 Å². The third-order valence-corrected chi connectivity index (χ3v) is 3.32. The van der Waals surface area contributed by atoms with E-state index in [1.165, 1.54) is 6.07 Å². The zero-order chi connectivity index (χ0) is 16.1. The minimum Gasteiger partial charge on any atom is -0.452 e. The molecule has 22 heavy (non-hydrogen) atoms. The summed E-state index contributed by atoms with van der Waals surface area (Å²) in [4.78, 5) is 23.4. The van der Waals surface area contributed by atoms with Gasteiger partial charge in [-0.2, -0.15) is 0 Å². The van der Waals surface area contributed by atoms with E-state index in [9.17, 15) is 14.0 Å². The van der Waals surface area contributed by atoms with Crippen molar-refractivity contribution >= 4 is 45.1 Å². The van der Waals surface area contributed by atoms with Gasteiger partial charge in [0, 0.05) is 15.2 Å². The smallest absolute Gasteiger partial charge is 0.341 e. The molecule has 4 nitrogen and oxygen atoms in total. The lowest BCUT2D eigenvalue weighted by Crippen LogP contribution is -2.21. The van der Waals surface area contributed by atoms with Gasteiger partial charge in [0.25, 0.3) is 5.91 Å². The topological polar surface area (TPSA) is 55.4 Å². The first-order chi connectivity index (χ1) is 10.5. The normalized spacial score (nSPS) is 10.1. The summed E-state index contributed by atoms with van der Waals surface area (Å²) in [5.41, 5.74) is 0.229. The fraction of sp³-hybridized carbons (Fsp3) is 0.0667. The van der Waals surface area contributed by atoms with Crippen LogP contribution in [-0.4, -0.2) is 18.5 Å². The number of hydrogen-bond acceptors (Lipinski definition) is 3. The highest BCUT2D eigenvalue weighted by atomic mass is 79.9. The summed E-state index contributed by atoms with van der Waals surface area (Å²) in [7, 11) is 0. The molecule has 0 aromatic heterocycles. The van der Waals surface area contributed by atoms with Gasteiger partial charge >= 0.3 is 5.97 Å². The molecule has 0 radical (unpaired) electrons. The van der Waals surface area contributed by atoms with Crippen LogP contribution in [0.4, 0.5) is 10.1 Å². The molecule has 0 aliphatic heterocycles. The molecule has 2 aromatic carbocycles. The number of amides is 1. The Balaban J connectivity index is 1.93. The summed E-state index contributed by atoms with van der Waals surface area (Å²) in [5.74, 6) is -2.25. The van der Waals surface area contributed by atoms with E-state index in [0.29, 0.717) is 5.69 Å². The Labute approximate surface area is 139 Å². The fourth-order valence-electron chi connectivity index (χ4n) is 1.63. The summed E-state index contributed by atoms with van der Waals surface area (Å²) in [6.45, 7) is -0.530. The number of rotatable bonds is 4. The van der Waals surface area contributed by atoms with Crippen LogP contribution in [0.5, 0.6) is 0 Å². The van der Waals surface area contributed by atoms with E-state index >= 15 is 0 Å². The van der Waals surface area contributed by atoms with E-state index in [-0.39, 0.29) is 10.6 Å². The Morgan fingerprint density at radius 2 is 2.00 bits per heavy atom. The number of anilines is 1. The molecule has 1 amide bonds. The molecule has 2 rings (SSSR count). The number of esters is 1. The van der Waals surface area contributed by atoms with Crippen LogP contribution < -0.4 is 5.32 Å². The summed E-state index contributed by atoms with van der Waals surface area (Å²) in [5, 5.41) is 2.75. The largest absolute Gasteiger partial charge is 0.452 e. The van der Waals surface area contributed by atoms with E-state index in [1.807, 2.05) is 0 Å². The average Bonchev–Trinajstić information content (AvgIpc) is 2.47. The molecule has 114 valence electrons. The number of halogens is 3. The van der Waals surface area contributed by atoms with Gasteiger partial charge in [-0.05, 0) is 36.4 Å². The van der Waals surface area contributed by atoms with Crippen molar-refractivity contribution in [1.82, 2.24) is 0 Å². The molecule has 1 N–H and O–H groups in total. The first-order valence-electron chi connectivity index (χ1n) is 6.13. The maximum Gasteiger partial charge on any atom is 0.341 e. The lowest BCUT2D eigenvalue weighted by atomic mass is 10.2. The quantitative estimate of drug-likeness (QED) is 0.807. The molecular formula is C15H10BrClFNO3. The summed E-state index contributed by atoms with van der Waals surface area (Å²) in [6.07, 6.45) is 0. The number of ether oxygens (including phenoxy) is 1. The lowest BCUT2D eigenvalue weighted by Gasteiger charge is -2.07. The molecule has 7 heteroatoms. The number of hydrogen-bond donors (Lipinski definition) is 1. The van der Waals surface area contributed by atoms with Crippen molar-refractivity contribution in [3.8, 4) is 0 Å². The van der Waals surface area contributed by atoms with Gasteiger partial charge in [0.1, 0.15) is 5.82 Å². The highest BCUT2D eigenvalue weighted by Gasteiger charge is 2.15. The predicted molar refractivity (Wildman–Crippen MR) is 84.5 cm³/mol. The monoisotopic (exact) mass is 385 g/mol. The predicted octanol–water partition coefficient (Wildman–Crippen LogP) is 4.04. The average molecular weight is 387 g/mol. The van der Waals surface area contributed by atoms with Crippen molar-refractivity contribution < 1.29 is 18.7 Å². The molecule has 0 saturated carbocycles. The van der Waals surface area contributed by atoms with Crippen molar-refractivity contribution in [2.24, 2.45) is 0 Å². The lowest BCUT2D eigenvalue weighted by molar-refractivity contribution is -0.119. The first-order valence-corrected chi connectivity index (χ1v) is 7.30. The van der Waals surface area contributed by atoms with Gasteiger partial charge in [-0.15, -0.1) is 0 Å². The van der Waals surface area contributed by atoms with Gasteiger partial charge in [-0.25, -0.2) is 9.18 Å². The number of carbonyl (C=O) groups excluding carboxylic acids is 2. The van der Waals surface area contributed by atoms with E-state index in [4.69, 9.17) is 16.3 Å². The molecule has 0 aliphatic rings. The van der Waals surface area contributed by atoms with Crippen LogP contribution in [0.25, 0.3) is 0 Å². The summed E-state index contributed by atoms with van der Waals surface area (Å²) in [6, 6.07) is 10.4. The van der Waals surface area contributed by atoms with Gasteiger partial charge in [-0.1, -0.05) is 33.6 Å². The number of benzene rings is 2. The fourth-order valence-corrected chi connectivity index (χ4v) is 2.20. The Hall–Kier alpha value is -1.92. The molecule has 0 atom stereocenters. The third-order valence-electron chi connectivity index (χ3n) is 2.59. The van der Waals surface area contributed by atoms with E-state index < -0.39 is 24.3 Å². The summed E-state index contributed by atoms with van der Waals surface area (Å²) >= 11 is 8.96. The Morgan fingerprint density at radius 3 is 2.73 bits per heavy atom. The van der Waals surface area contributed by atoms with Crippen LogP contribution in [0.2, 0.25) is 5.02 Å². The Morgan fingerprint density at radius 1 is 1.23 bits per heavy atom. The SMILES string of the molecule is O=C(COC(=O)c1cc(Cl)ccc1F)Nc1cccc(Br)c1. The molecule has 0 heterocycles. The standard InChI is InChI=1S/C15H10BrClFNO3/c16-9-2-1-3-11(6-9)19-14(20)8-22-15(21)12-7-10(17)4-5-13(12)18/h1-7H,8H2,(H,19,20). The van der Waals surface area contributed by atoms with Crippen molar-refractivity contribution in [3.63, 3.8) is 0 Å².